The number of nitrogens with zero attached hydrogens (tertiary/aromatic N) is 1. The molecule has 0 amide bonds. The van der Waals surface area contributed by atoms with Crippen LogP contribution in [0.25, 0.3) is 0 Å². The van der Waals surface area contributed by atoms with Crippen molar-refractivity contribution >= 4 is 0 Å². The molecule has 0 saturated heterocycles. The first kappa shape index (κ1) is 14.9. The molecule has 0 aromatic heterocycles. The lowest BCUT2D eigenvalue weighted by Gasteiger charge is -2.41. The number of methoxy groups -OCH3 is 2. The van der Waals surface area contributed by atoms with E-state index in [1.807, 2.05) is 0 Å². The van der Waals surface area contributed by atoms with Gasteiger partial charge in [-0.2, -0.15) is 0 Å². The maximum atomic E-state index is 5.56. The molecule has 0 fully saturated rings. The number of hydrogen-bond acceptors (Lipinski definition) is 5. The van der Waals surface area contributed by atoms with Gasteiger partial charge in [0, 0.05) is 19.1 Å². The highest BCUT2D eigenvalue weighted by Gasteiger charge is 2.34. The van der Waals surface area contributed by atoms with Crippen molar-refractivity contribution in [1.82, 2.24) is 4.90 Å². The molecular weight excluding hydrogens is 318 g/mol. The zero-order valence-electron chi connectivity index (χ0n) is 14.5. The number of benzene rings is 2. The van der Waals surface area contributed by atoms with Gasteiger partial charge in [-0.1, -0.05) is 0 Å². The summed E-state index contributed by atoms with van der Waals surface area (Å²) in [6.07, 6.45) is 2.01. The largest absolute Gasteiger partial charge is 0.493 e. The molecular formula is C20H21NO4. The molecule has 25 heavy (non-hydrogen) atoms. The molecule has 5 heteroatoms. The van der Waals surface area contributed by atoms with Crippen molar-refractivity contribution in [3.8, 4) is 23.0 Å². The van der Waals surface area contributed by atoms with E-state index in [-0.39, 0.29) is 0 Å². The molecule has 1 atom stereocenters. The molecule has 0 radical (unpaired) electrons. The molecule has 0 bridgehead atoms. The number of fused-ring (bicyclic) bond motifs is 5. The quantitative estimate of drug-likeness (QED) is 0.841. The smallest absolute Gasteiger partial charge is 0.231 e. The Bertz CT molecular complexity index is 848. The van der Waals surface area contributed by atoms with E-state index in [4.69, 9.17) is 18.9 Å². The van der Waals surface area contributed by atoms with Gasteiger partial charge in [-0.05, 0) is 59.4 Å². The maximum Gasteiger partial charge on any atom is 0.231 e. The lowest BCUT2D eigenvalue weighted by Crippen LogP contribution is -2.39. The van der Waals surface area contributed by atoms with Gasteiger partial charge < -0.3 is 18.9 Å². The van der Waals surface area contributed by atoms with Crippen LogP contribution in [0.1, 0.15) is 28.3 Å². The normalized spacial score (nSPS) is 20.5. The summed E-state index contributed by atoms with van der Waals surface area (Å²) in [5.41, 5.74) is 5.42. The summed E-state index contributed by atoms with van der Waals surface area (Å²) in [7, 11) is 3.39. The molecule has 3 aliphatic rings. The van der Waals surface area contributed by atoms with Crippen LogP contribution in [0.2, 0.25) is 0 Å². The monoisotopic (exact) mass is 339 g/mol. The topological polar surface area (TPSA) is 40.2 Å². The molecule has 0 saturated carbocycles. The van der Waals surface area contributed by atoms with E-state index in [1.165, 1.54) is 22.3 Å². The van der Waals surface area contributed by atoms with Crippen molar-refractivity contribution in [2.45, 2.75) is 25.4 Å². The second-order valence-corrected chi connectivity index (χ2v) is 6.82. The third-order valence-electron chi connectivity index (χ3n) is 5.60. The first-order valence-corrected chi connectivity index (χ1v) is 8.67. The van der Waals surface area contributed by atoms with Crippen molar-refractivity contribution < 1.29 is 18.9 Å². The molecule has 2 aromatic rings. The van der Waals surface area contributed by atoms with Crippen LogP contribution in [0.3, 0.4) is 0 Å². The molecule has 0 aliphatic carbocycles. The molecule has 130 valence electrons. The van der Waals surface area contributed by atoms with Gasteiger partial charge in [-0.3, -0.25) is 4.90 Å². The predicted octanol–water partition coefficient (Wildman–Crippen LogP) is 3.09. The Morgan fingerprint density at radius 1 is 0.920 bits per heavy atom. The Morgan fingerprint density at radius 3 is 2.40 bits per heavy atom. The Hall–Kier alpha value is -2.40. The lowest BCUT2D eigenvalue weighted by molar-refractivity contribution is 0.160. The third-order valence-corrected chi connectivity index (χ3v) is 5.60. The average Bonchev–Trinajstić information content (AvgIpc) is 3.10. The Labute approximate surface area is 147 Å². The van der Waals surface area contributed by atoms with Crippen LogP contribution >= 0.6 is 0 Å². The highest BCUT2D eigenvalue weighted by atomic mass is 16.7. The average molecular weight is 339 g/mol. The van der Waals surface area contributed by atoms with Crippen LogP contribution in [0.5, 0.6) is 23.0 Å². The van der Waals surface area contributed by atoms with Crippen LogP contribution in [0.15, 0.2) is 24.3 Å². The van der Waals surface area contributed by atoms with Gasteiger partial charge in [0.25, 0.3) is 0 Å². The Morgan fingerprint density at radius 2 is 1.64 bits per heavy atom. The third kappa shape index (κ3) is 2.26. The first-order chi connectivity index (χ1) is 12.3. The van der Waals surface area contributed by atoms with Crippen molar-refractivity contribution in [2.24, 2.45) is 0 Å². The van der Waals surface area contributed by atoms with Crippen LogP contribution in [-0.2, 0) is 19.4 Å². The summed E-state index contributed by atoms with van der Waals surface area (Å²) >= 11 is 0. The molecule has 3 aliphatic heterocycles. The van der Waals surface area contributed by atoms with Crippen molar-refractivity contribution in [2.75, 3.05) is 27.6 Å². The van der Waals surface area contributed by atoms with Crippen molar-refractivity contribution in [3.05, 3.63) is 46.5 Å². The first-order valence-electron chi connectivity index (χ1n) is 8.67. The van der Waals surface area contributed by atoms with Gasteiger partial charge in [0.2, 0.25) is 6.79 Å². The zero-order chi connectivity index (χ0) is 17.0. The zero-order valence-corrected chi connectivity index (χ0v) is 14.5. The highest BCUT2D eigenvalue weighted by molar-refractivity contribution is 5.53. The SMILES string of the molecule is COc1cc2c(cc1OC)[C@@H]1Cc3cc4c(cc3CN1CC2)OCO4. The number of hydrogen-bond donors (Lipinski definition) is 0. The van der Waals surface area contributed by atoms with Crippen molar-refractivity contribution in [3.63, 3.8) is 0 Å². The van der Waals surface area contributed by atoms with Crippen molar-refractivity contribution in [1.29, 1.82) is 0 Å². The fourth-order valence-corrected chi connectivity index (χ4v) is 4.30. The minimum absolute atomic E-state index is 0.325. The highest BCUT2D eigenvalue weighted by Crippen LogP contribution is 2.45. The predicted molar refractivity (Wildman–Crippen MR) is 92.7 cm³/mol. The standard InChI is InChI=1S/C20H21NO4/c1-22-17-6-12-3-4-21-10-14-8-20-19(24-11-25-20)7-13(14)5-16(21)15(12)9-18(17)23-2/h6-9,16H,3-5,10-11H2,1-2H3/t16-/m0/s1. The van der Waals surface area contributed by atoms with E-state index < -0.39 is 0 Å². The molecule has 5 rings (SSSR count). The number of rotatable bonds is 2. The minimum Gasteiger partial charge on any atom is -0.493 e. The summed E-state index contributed by atoms with van der Waals surface area (Å²) in [4.78, 5) is 2.55. The summed E-state index contributed by atoms with van der Waals surface area (Å²) < 4.78 is 22.1. The van der Waals surface area contributed by atoms with Crippen LogP contribution in [0.4, 0.5) is 0 Å². The molecule has 0 spiro atoms. The maximum absolute atomic E-state index is 5.56. The van der Waals surface area contributed by atoms with Gasteiger partial charge >= 0.3 is 0 Å². The van der Waals surface area contributed by atoms with Gasteiger partial charge in [-0.25, -0.2) is 0 Å². The molecule has 3 heterocycles. The van der Waals surface area contributed by atoms with Gasteiger partial charge in [-0.15, -0.1) is 0 Å². The Kier molecular flexibility index (Phi) is 3.31. The molecule has 0 N–H and O–H groups in total. The van der Waals surface area contributed by atoms with Crippen LogP contribution < -0.4 is 18.9 Å². The van der Waals surface area contributed by atoms with Gasteiger partial charge in [0.05, 0.1) is 14.2 Å². The minimum atomic E-state index is 0.325. The molecule has 2 aromatic carbocycles. The fourth-order valence-electron chi connectivity index (χ4n) is 4.30. The lowest BCUT2D eigenvalue weighted by atomic mass is 9.83. The van der Waals surface area contributed by atoms with Crippen LogP contribution in [-0.4, -0.2) is 32.5 Å². The van der Waals surface area contributed by atoms with E-state index in [9.17, 15) is 0 Å². The summed E-state index contributed by atoms with van der Waals surface area (Å²) in [5.74, 6) is 3.37. The van der Waals surface area contributed by atoms with E-state index in [2.05, 4.69) is 29.2 Å². The van der Waals surface area contributed by atoms with Crippen LogP contribution in [0, 0.1) is 0 Å². The molecule has 5 nitrogen and oxygen atoms in total. The van der Waals surface area contributed by atoms with E-state index in [1.54, 1.807) is 14.2 Å². The fraction of sp³-hybridized carbons (Fsp3) is 0.400. The van der Waals surface area contributed by atoms with Gasteiger partial charge in [0.15, 0.2) is 23.0 Å². The second kappa shape index (κ2) is 5.56. The molecule has 0 unspecified atom stereocenters. The summed E-state index contributed by atoms with van der Waals surface area (Å²) in [5, 5.41) is 0. The Balaban J connectivity index is 1.56. The second-order valence-electron chi connectivity index (χ2n) is 6.82. The van der Waals surface area contributed by atoms with E-state index in [0.717, 1.165) is 48.9 Å². The van der Waals surface area contributed by atoms with E-state index >= 15 is 0 Å². The summed E-state index contributed by atoms with van der Waals surface area (Å²) in [6, 6.07) is 8.97. The van der Waals surface area contributed by atoms with E-state index in [0.29, 0.717) is 12.8 Å². The summed E-state index contributed by atoms with van der Waals surface area (Å²) in [6.45, 7) is 2.33. The number of ether oxygens (including phenoxy) is 4. The van der Waals surface area contributed by atoms with Gasteiger partial charge in [0.1, 0.15) is 0 Å².